The first-order valence-electron chi connectivity index (χ1n) is 5.59. The van der Waals surface area contributed by atoms with E-state index in [0.29, 0.717) is 17.2 Å². The smallest absolute Gasteiger partial charge is 0.227 e. The van der Waals surface area contributed by atoms with Crippen LogP contribution in [0.25, 0.3) is 0 Å². The Kier molecular flexibility index (Phi) is 3.11. The SMILES string of the molecule is Cc1nc(N2CCN(C)CC2)nc(N)c1C#N. The second kappa shape index (κ2) is 4.55. The summed E-state index contributed by atoms with van der Waals surface area (Å²) in [6.07, 6.45) is 0. The fourth-order valence-electron chi connectivity index (χ4n) is 1.87. The minimum atomic E-state index is 0.272. The van der Waals surface area contributed by atoms with Gasteiger partial charge in [-0.15, -0.1) is 0 Å². The Labute approximate surface area is 101 Å². The fraction of sp³-hybridized carbons (Fsp3) is 0.545. The summed E-state index contributed by atoms with van der Waals surface area (Å²) in [5.74, 6) is 0.904. The van der Waals surface area contributed by atoms with Gasteiger partial charge in [0.15, 0.2) is 0 Å². The zero-order valence-electron chi connectivity index (χ0n) is 10.1. The summed E-state index contributed by atoms with van der Waals surface area (Å²) >= 11 is 0. The first-order valence-corrected chi connectivity index (χ1v) is 5.59. The van der Waals surface area contributed by atoms with Gasteiger partial charge >= 0.3 is 0 Å². The monoisotopic (exact) mass is 232 g/mol. The van der Waals surface area contributed by atoms with Gasteiger partial charge in [0.2, 0.25) is 5.95 Å². The molecule has 0 unspecified atom stereocenters. The zero-order valence-corrected chi connectivity index (χ0v) is 10.1. The molecule has 0 saturated carbocycles. The predicted molar refractivity (Wildman–Crippen MR) is 65.6 cm³/mol. The number of likely N-dealkylation sites (N-methyl/N-ethyl adjacent to an activating group) is 1. The molecule has 1 aliphatic rings. The van der Waals surface area contributed by atoms with Crippen LogP contribution in [0.4, 0.5) is 11.8 Å². The number of aryl methyl sites for hydroxylation is 1. The lowest BCUT2D eigenvalue weighted by molar-refractivity contribution is 0.311. The molecule has 2 heterocycles. The maximum Gasteiger partial charge on any atom is 0.227 e. The molecule has 0 radical (unpaired) electrons. The molecule has 6 nitrogen and oxygen atoms in total. The molecule has 0 spiro atoms. The van der Waals surface area contributed by atoms with Gasteiger partial charge in [0, 0.05) is 26.2 Å². The lowest BCUT2D eigenvalue weighted by atomic mass is 10.2. The predicted octanol–water partition coefficient (Wildman–Crippen LogP) is -0.00930. The highest BCUT2D eigenvalue weighted by molar-refractivity contribution is 5.54. The Morgan fingerprint density at radius 2 is 1.88 bits per heavy atom. The van der Waals surface area contributed by atoms with Crippen LogP contribution in [0.1, 0.15) is 11.3 Å². The topological polar surface area (TPSA) is 82.1 Å². The number of nitrogens with two attached hydrogens (primary N) is 1. The molecule has 0 atom stereocenters. The number of piperazine rings is 1. The van der Waals surface area contributed by atoms with Gasteiger partial charge in [0.25, 0.3) is 0 Å². The summed E-state index contributed by atoms with van der Waals surface area (Å²) in [4.78, 5) is 12.9. The minimum Gasteiger partial charge on any atom is -0.382 e. The second-order valence-corrected chi connectivity index (χ2v) is 4.27. The number of nitrogen functional groups attached to an aromatic ring is 1. The van der Waals surface area contributed by atoms with Crippen LogP contribution < -0.4 is 10.6 Å². The van der Waals surface area contributed by atoms with Gasteiger partial charge in [-0.3, -0.25) is 0 Å². The van der Waals surface area contributed by atoms with Gasteiger partial charge in [-0.2, -0.15) is 10.2 Å². The zero-order chi connectivity index (χ0) is 12.4. The summed E-state index contributed by atoms with van der Waals surface area (Å²) in [5, 5.41) is 8.90. The molecule has 2 rings (SSSR count). The summed E-state index contributed by atoms with van der Waals surface area (Å²) < 4.78 is 0. The Morgan fingerprint density at radius 1 is 1.24 bits per heavy atom. The van der Waals surface area contributed by atoms with Crippen molar-refractivity contribution in [2.24, 2.45) is 0 Å². The van der Waals surface area contributed by atoms with E-state index in [4.69, 9.17) is 11.0 Å². The molecule has 17 heavy (non-hydrogen) atoms. The Hall–Kier alpha value is -1.87. The average molecular weight is 232 g/mol. The van der Waals surface area contributed by atoms with E-state index >= 15 is 0 Å². The van der Waals surface area contributed by atoms with Crippen LogP contribution in [0, 0.1) is 18.3 Å². The van der Waals surface area contributed by atoms with Gasteiger partial charge in [-0.25, -0.2) is 4.98 Å². The molecule has 1 aromatic heterocycles. The van der Waals surface area contributed by atoms with E-state index in [-0.39, 0.29) is 5.82 Å². The molecular weight excluding hydrogens is 216 g/mol. The van der Waals surface area contributed by atoms with Crippen molar-refractivity contribution in [2.75, 3.05) is 43.9 Å². The second-order valence-electron chi connectivity index (χ2n) is 4.27. The van der Waals surface area contributed by atoms with Crippen molar-refractivity contribution >= 4 is 11.8 Å². The molecule has 2 N–H and O–H groups in total. The van der Waals surface area contributed by atoms with Crippen molar-refractivity contribution in [3.8, 4) is 6.07 Å². The maximum atomic E-state index is 8.90. The number of rotatable bonds is 1. The highest BCUT2D eigenvalue weighted by atomic mass is 15.3. The van der Waals surface area contributed by atoms with E-state index in [0.717, 1.165) is 26.2 Å². The molecule has 90 valence electrons. The number of nitriles is 1. The van der Waals surface area contributed by atoms with Crippen molar-refractivity contribution < 1.29 is 0 Å². The molecule has 1 saturated heterocycles. The minimum absolute atomic E-state index is 0.272. The van der Waals surface area contributed by atoms with Crippen LogP contribution in [0.15, 0.2) is 0 Å². The lowest BCUT2D eigenvalue weighted by Gasteiger charge is -2.32. The fourth-order valence-corrected chi connectivity index (χ4v) is 1.87. The number of hydrogen-bond acceptors (Lipinski definition) is 6. The maximum absolute atomic E-state index is 8.90. The first-order chi connectivity index (χ1) is 8.11. The molecule has 6 heteroatoms. The van der Waals surface area contributed by atoms with Crippen LogP contribution in [-0.2, 0) is 0 Å². The Balaban J connectivity index is 2.26. The van der Waals surface area contributed by atoms with Gasteiger partial charge in [-0.1, -0.05) is 0 Å². The first kappa shape index (κ1) is 11.6. The van der Waals surface area contributed by atoms with Crippen LogP contribution in [0.2, 0.25) is 0 Å². The van der Waals surface area contributed by atoms with Crippen molar-refractivity contribution in [1.82, 2.24) is 14.9 Å². The third-order valence-electron chi connectivity index (χ3n) is 3.00. The van der Waals surface area contributed by atoms with E-state index in [1.807, 2.05) is 6.07 Å². The van der Waals surface area contributed by atoms with Gasteiger partial charge in [-0.05, 0) is 14.0 Å². The number of hydrogen-bond donors (Lipinski definition) is 1. The quantitative estimate of drug-likeness (QED) is 0.733. The van der Waals surface area contributed by atoms with E-state index in [1.54, 1.807) is 6.92 Å². The lowest BCUT2D eigenvalue weighted by Crippen LogP contribution is -2.45. The van der Waals surface area contributed by atoms with E-state index in [1.165, 1.54) is 0 Å². The molecule has 1 aliphatic heterocycles. The van der Waals surface area contributed by atoms with E-state index in [9.17, 15) is 0 Å². The molecular formula is C11H16N6. The molecule has 1 fully saturated rings. The van der Waals surface area contributed by atoms with E-state index < -0.39 is 0 Å². The Morgan fingerprint density at radius 3 is 2.41 bits per heavy atom. The summed E-state index contributed by atoms with van der Waals surface area (Å²) in [6, 6.07) is 2.02. The van der Waals surface area contributed by atoms with Crippen LogP contribution in [0.3, 0.4) is 0 Å². The van der Waals surface area contributed by atoms with Crippen molar-refractivity contribution in [2.45, 2.75) is 6.92 Å². The standard InChI is InChI=1S/C11H16N6/c1-8-9(7-12)10(13)15-11(14-8)17-5-3-16(2)4-6-17/h3-6H2,1-2H3,(H2,13,14,15). The highest BCUT2D eigenvalue weighted by Crippen LogP contribution is 2.17. The summed E-state index contributed by atoms with van der Waals surface area (Å²) in [6.45, 7) is 5.54. The highest BCUT2D eigenvalue weighted by Gasteiger charge is 2.18. The van der Waals surface area contributed by atoms with Gasteiger partial charge < -0.3 is 15.5 Å². The third-order valence-corrected chi connectivity index (χ3v) is 3.00. The molecule has 1 aromatic rings. The average Bonchev–Trinajstić information content (AvgIpc) is 2.29. The van der Waals surface area contributed by atoms with Crippen LogP contribution >= 0.6 is 0 Å². The summed E-state index contributed by atoms with van der Waals surface area (Å²) in [5.41, 5.74) is 6.78. The van der Waals surface area contributed by atoms with Crippen molar-refractivity contribution in [1.29, 1.82) is 5.26 Å². The molecule has 0 amide bonds. The normalized spacial score (nSPS) is 16.9. The van der Waals surface area contributed by atoms with E-state index in [2.05, 4.69) is 26.8 Å². The summed E-state index contributed by atoms with van der Waals surface area (Å²) in [7, 11) is 2.09. The van der Waals surface area contributed by atoms with Crippen LogP contribution in [-0.4, -0.2) is 48.1 Å². The number of aromatic nitrogens is 2. The van der Waals surface area contributed by atoms with Gasteiger partial charge in [0.05, 0.1) is 5.69 Å². The molecule has 0 aliphatic carbocycles. The Bertz CT molecular complexity index is 433. The number of anilines is 2. The van der Waals surface area contributed by atoms with Crippen LogP contribution in [0.5, 0.6) is 0 Å². The van der Waals surface area contributed by atoms with Gasteiger partial charge in [0.1, 0.15) is 17.5 Å². The number of nitrogens with zero attached hydrogens (tertiary/aromatic N) is 5. The molecule has 0 aromatic carbocycles. The van der Waals surface area contributed by atoms with Crippen molar-refractivity contribution in [3.63, 3.8) is 0 Å². The van der Waals surface area contributed by atoms with Crippen molar-refractivity contribution in [3.05, 3.63) is 11.3 Å². The molecule has 0 bridgehead atoms. The third kappa shape index (κ3) is 2.29. The largest absolute Gasteiger partial charge is 0.382 e.